The third-order valence-electron chi connectivity index (χ3n) is 3.73. The molecule has 0 fully saturated rings. The third kappa shape index (κ3) is 3.59. The summed E-state index contributed by atoms with van der Waals surface area (Å²) < 4.78 is 10.9. The summed E-state index contributed by atoms with van der Waals surface area (Å²) in [4.78, 5) is 18.6. The molecular formula is C20H17N2O4-. The van der Waals surface area contributed by atoms with E-state index in [1.165, 1.54) is 6.07 Å². The number of H-pyrrole nitrogens is 1. The Kier molecular flexibility index (Phi) is 5.03. The van der Waals surface area contributed by atoms with Gasteiger partial charge in [-0.05, 0) is 29.8 Å². The molecule has 0 bridgehead atoms. The number of ether oxygens (including phenoxy) is 2. The van der Waals surface area contributed by atoms with E-state index in [2.05, 4.69) is 16.5 Å². The summed E-state index contributed by atoms with van der Waals surface area (Å²) in [7, 11) is 1.57. The Hall–Kier alpha value is -3.54. The van der Waals surface area contributed by atoms with Gasteiger partial charge in [0.1, 0.15) is 12.4 Å². The van der Waals surface area contributed by atoms with Gasteiger partial charge in [-0.3, -0.25) is 0 Å². The Morgan fingerprint density at radius 2 is 2.12 bits per heavy atom. The maximum absolute atomic E-state index is 11.2. The van der Waals surface area contributed by atoms with Crippen molar-refractivity contribution < 1.29 is 19.4 Å². The molecule has 0 aliphatic carbocycles. The third-order valence-corrected chi connectivity index (χ3v) is 3.73. The summed E-state index contributed by atoms with van der Waals surface area (Å²) in [5.41, 5.74) is 1.95. The molecule has 0 radical (unpaired) electrons. The lowest BCUT2D eigenvalue weighted by molar-refractivity contribution is -0.254. The average Bonchev–Trinajstić information content (AvgIpc) is 3.07. The molecule has 6 nitrogen and oxygen atoms in total. The van der Waals surface area contributed by atoms with Crippen LogP contribution in [0, 0.1) is 0 Å². The number of hydrogen-bond acceptors (Lipinski definition) is 5. The van der Waals surface area contributed by atoms with Crippen molar-refractivity contribution in [1.29, 1.82) is 0 Å². The van der Waals surface area contributed by atoms with Crippen molar-refractivity contribution >= 4 is 29.2 Å². The molecular weight excluding hydrogens is 332 g/mol. The molecule has 0 aliphatic rings. The standard InChI is InChI=1S/C20H18N2O4/c1-3-11-26-16-9-7-13(12-17(16)25-2)8-10-18-21-15-6-4-5-14(20(23)24)19(15)22-18/h3-10,12H,1,11H2,2H3,(H,21,22)(H,23,24)/p-1/b10-8+. The Balaban J connectivity index is 1.88. The van der Waals surface area contributed by atoms with Crippen molar-refractivity contribution in [2.75, 3.05) is 13.7 Å². The van der Waals surface area contributed by atoms with Crippen molar-refractivity contribution in [3.05, 3.63) is 66.0 Å². The molecule has 1 heterocycles. The predicted octanol–water partition coefficient (Wildman–Crippen LogP) is 2.67. The van der Waals surface area contributed by atoms with Gasteiger partial charge < -0.3 is 24.4 Å². The number of methoxy groups -OCH3 is 1. The minimum atomic E-state index is -1.25. The van der Waals surface area contributed by atoms with Crippen LogP contribution in [0.5, 0.6) is 11.5 Å². The lowest BCUT2D eigenvalue weighted by Crippen LogP contribution is -2.22. The smallest absolute Gasteiger partial charge is 0.161 e. The number of carbonyl (C=O) groups is 1. The number of imidazole rings is 1. The normalized spacial score (nSPS) is 11.0. The van der Waals surface area contributed by atoms with Crippen LogP contribution in [0.25, 0.3) is 23.2 Å². The van der Waals surface area contributed by atoms with Crippen molar-refractivity contribution in [1.82, 2.24) is 9.97 Å². The number of benzene rings is 2. The van der Waals surface area contributed by atoms with Crippen LogP contribution in [-0.2, 0) is 0 Å². The molecule has 2 aromatic carbocycles. The number of aromatic nitrogens is 2. The molecule has 0 amide bonds. The van der Waals surface area contributed by atoms with Crippen LogP contribution in [0.1, 0.15) is 21.7 Å². The van der Waals surface area contributed by atoms with Crippen LogP contribution in [0.3, 0.4) is 0 Å². The van der Waals surface area contributed by atoms with Gasteiger partial charge in [-0.1, -0.05) is 36.9 Å². The van der Waals surface area contributed by atoms with Crippen LogP contribution in [-0.4, -0.2) is 29.7 Å². The highest BCUT2D eigenvalue weighted by atomic mass is 16.5. The Labute approximate surface area is 150 Å². The van der Waals surface area contributed by atoms with Crippen molar-refractivity contribution in [2.24, 2.45) is 0 Å². The Morgan fingerprint density at radius 1 is 1.27 bits per heavy atom. The van der Waals surface area contributed by atoms with Crippen LogP contribution in [0.2, 0.25) is 0 Å². The fourth-order valence-electron chi connectivity index (χ4n) is 2.53. The zero-order valence-corrected chi connectivity index (χ0v) is 14.2. The quantitative estimate of drug-likeness (QED) is 0.663. The number of fused-ring (bicyclic) bond motifs is 1. The van der Waals surface area contributed by atoms with E-state index in [0.717, 1.165) is 5.56 Å². The molecule has 0 aliphatic heterocycles. The van der Waals surface area contributed by atoms with E-state index in [-0.39, 0.29) is 5.56 Å². The minimum Gasteiger partial charge on any atom is -0.545 e. The van der Waals surface area contributed by atoms with E-state index in [9.17, 15) is 9.90 Å². The second-order valence-corrected chi connectivity index (χ2v) is 5.45. The highest BCUT2D eigenvalue weighted by Gasteiger charge is 2.07. The van der Waals surface area contributed by atoms with Gasteiger partial charge in [0.2, 0.25) is 0 Å². The molecule has 0 unspecified atom stereocenters. The van der Waals surface area contributed by atoms with Gasteiger partial charge in [-0.2, -0.15) is 0 Å². The van der Waals surface area contributed by atoms with Crippen LogP contribution in [0.15, 0.2) is 49.1 Å². The lowest BCUT2D eigenvalue weighted by Gasteiger charge is -2.09. The zero-order chi connectivity index (χ0) is 18.5. The highest BCUT2D eigenvalue weighted by molar-refractivity contribution is 6.00. The Bertz CT molecular complexity index is 989. The Morgan fingerprint density at radius 3 is 2.85 bits per heavy atom. The van der Waals surface area contributed by atoms with Gasteiger partial charge in [0.05, 0.1) is 24.1 Å². The van der Waals surface area contributed by atoms with Crippen LogP contribution < -0.4 is 14.6 Å². The van der Waals surface area contributed by atoms with Gasteiger partial charge >= 0.3 is 0 Å². The number of nitrogens with one attached hydrogen (secondary N) is 1. The molecule has 3 aromatic rings. The molecule has 132 valence electrons. The molecule has 0 saturated heterocycles. The van der Waals surface area contributed by atoms with Crippen molar-refractivity contribution in [2.45, 2.75) is 0 Å². The van der Waals surface area contributed by atoms with Crippen molar-refractivity contribution in [3.8, 4) is 11.5 Å². The number of carboxylic acid groups (broad SMARTS) is 1. The summed E-state index contributed by atoms with van der Waals surface area (Å²) in [6.07, 6.45) is 5.27. The number of para-hydroxylation sites is 1. The molecule has 0 saturated carbocycles. The summed E-state index contributed by atoms with van der Waals surface area (Å²) in [5.74, 6) is 0.530. The van der Waals surface area contributed by atoms with Gasteiger partial charge in [0.15, 0.2) is 11.5 Å². The molecule has 0 spiro atoms. The van der Waals surface area contributed by atoms with Gasteiger partial charge in [-0.25, -0.2) is 4.98 Å². The number of hydrogen-bond donors (Lipinski definition) is 1. The summed E-state index contributed by atoms with van der Waals surface area (Å²) >= 11 is 0. The first-order valence-corrected chi connectivity index (χ1v) is 7.92. The first-order chi connectivity index (χ1) is 12.6. The van der Waals surface area contributed by atoms with Crippen LogP contribution in [0.4, 0.5) is 0 Å². The molecule has 1 aromatic heterocycles. The molecule has 0 atom stereocenters. The van der Waals surface area contributed by atoms with Gasteiger partial charge in [0.25, 0.3) is 0 Å². The second kappa shape index (κ2) is 7.57. The second-order valence-electron chi connectivity index (χ2n) is 5.45. The summed E-state index contributed by atoms with van der Waals surface area (Å²) in [6, 6.07) is 10.4. The van der Waals surface area contributed by atoms with E-state index < -0.39 is 5.97 Å². The molecule has 26 heavy (non-hydrogen) atoms. The van der Waals surface area contributed by atoms with Crippen LogP contribution >= 0.6 is 0 Å². The number of aromatic amines is 1. The molecule has 3 rings (SSSR count). The fourth-order valence-corrected chi connectivity index (χ4v) is 2.53. The highest BCUT2D eigenvalue weighted by Crippen LogP contribution is 2.29. The van der Waals surface area contributed by atoms with E-state index in [1.807, 2.05) is 24.3 Å². The monoisotopic (exact) mass is 349 g/mol. The van der Waals surface area contributed by atoms with E-state index in [0.29, 0.717) is 35.0 Å². The minimum absolute atomic E-state index is 0.0591. The number of carboxylic acids is 1. The first-order valence-electron chi connectivity index (χ1n) is 7.92. The first kappa shape index (κ1) is 17.3. The fraction of sp³-hybridized carbons (Fsp3) is 0.100. The number of aromatic carboxylic acids is 1. The summed E-state index contributed by atoms with van der Waals surface area (Å²) in [5, 5.41) is 11.2. The lowest BCUT2D eigenvalue weighted by atomic mass is 10.2. The van der Waals surface area contributed by atoms with E-state index in [4.69, 9.17) is 9.47 Å². The summed E-state index contributed by atoms with van der Waals surface area (Å²) in [6.45, 7) is 4.01. The number of nitrogens with zero attached hydrogens (tertiary/aromatic N) is 1. The van der Waals surface area contributed by atoms with Crippen molar-refractivity contribution in [3.63, 3.8) is 0 Å². The maximum Gasteiger partial charge on any atom is 0.161 e. The van der Waals surface area contributed by atoms with Gasteiger partial charge in [-0.15, -0.1) is 0 Å². The number of rotatable bonds is 7. The molecule has 1 N–H and O–H groups in total. The van der Waals surface area contributed by atoms with E-state index >= 15 is 0 Å². The SMILES string of the molecule is C=CCOc1ccc(/C=C/c2nc3c(C(=O)[O-])cccc3[nH]2)cc1OC. The predicted molar refractivity (Wildman–Crippen MR) is 98.0 cm³/mol. The average molecular weight is 349 g/mol. The van der Waals surface area contributed by atoms with E-state index in [1.54, 1.807) is 31.4 Å². The zero-order valence-electron chi connectivity index (χ0n) is 14.2. The topological polar surface area (TPSA) is 87.3 Å². The largest absolute Gasteiger partial charge is 0.545 e. The maximum atomic E-state index is 11.2. The number of carbonyl (C=O) groups excluding carboxylic acids is 1. The van der Waals surface area contributed by atoms with Gasteiger partial charge in [0, 0.05) is 5.56 Å². The molecule has 6 heteroatoms.